The first-order valence-corrected chi connectivity index (χ1v) is 8.57. The van der Waals surface area contributed by atoms with E-state index in [1.165, 1.54) is 17.7 Å². The molecule has 0 N–H and O–H groups in total. The van der Waals surface area contributed by atoms with Crippen molar-refractivity contribution < 1.29 is 4.74 Å². The Morgan fingerprint density at radius 1 is 1.14 bits per heavy atom. The highest BCUT2D eigenvalue weighted by atomic mass is 32.2. The quantitative estimate of drug-likeness (QED) is 0.414. The van der Waals surface area contributed by atoms with Gasteiger partial charge in [0.25, 0.3) is 0 Å². The molecule has 0 aliphatic carbocycles. The predicted molar refractivity (Wildman–Crippen MR) is 95.6 cm³/mol. The minimum atomic E-state index is 0.440. The molecule has 0 aromatic heterocycles. The van der Waals surface area contributed by atoms with Crippen LogP contribution in [0.5, 0.6) is 5.75 Å². The van der Waals surface area contributed by atoms with Crippen LogP contribution in [0.4, 0.5) is 0 Å². The third kappa shape index (κ3) is 4.87. The van der Waals surface area contributed by atoms with Crippen molar-refractivity contribution >= 4 is 29.0 Å². The van der Waals surface area contributed by atoms with Crippen LogP contribution in [0.2, 0.25) is 0 Å². The van der Waals surface area contributed by atoms with Gasteiger partial charge >= 0.3 is 0 Å². The SMILES string of the molecule is CCCCSc1ccc(C(=S)Oc2ccc(C#N)cc2)cc1. The Balaban J connectivity index is 1.95. The van der Waals surface area contributed by atoms with Crippen molar-refractivity contribution in [1.29, 1.82) is 5.26 Å². The molecule has 0 radical (unpaired) electrons. The topological polar surface area (TPSA) is 33.0 Å². The smallest absolute Gasteiger partial charge is 0.198 e. The van der Waals surface area contributed by atoms with Crippen LogP contribution in [-0.4, -0.2) is 10.8 Å². The van der Waals surface area contributed by atoms with Gasteiger partial charge < -0.3 is 4.74 Å². The molecular formula is C18H17NOS2. The monoisotopic (exact) mass is 327 g/mol. The van der Waals surface area contributed by atoms with Crippen molar-refractivity contribution in [3.8, 4) is 11.8 Å². The van der Waals surface area contributed by atoms with E-state index >= 15 is 0 Å². The van der Waals surface area contributed by atoms with Crippen molar-refractivity contribution in [2.75, 3.05) is 5.75 Å². The first kappa shape index (κ1) is 16.5. The lowest BCUT2D eigenvalue weighted by atomic mass is 10.2. The average Bonchev–Trinajstić information content (AvgIpc) is 2.56. The van der Waals surface area contributed by atoms with Gasteiger partial charge in [0.2, 0.25) is 0 Å². The van der Waals surface area contributed by atoms with E-state index in [9.17, 15) is 0 Å². The lowest BCUT2D eigenvalue weighted by molar-refractivity contribution is 0.566. The van der Waals surface area contributed by atoms with Gasteiger partial charge in [0, 0.05) is 10.5 Å². The summed E-state index contributed by atoms with van der Waals surface area (Å²) in [4.78, 5) is 1.25. The molecule has 112 valence electrons. The fourth-order valence-electron chi connectivity index (χ4n) is 1.79. The van der Waals surface area contributed by atoms with E-state index in [0.29, 0.717) is 16.4 Å². The number of hydrogen-bond acceptors (Lipinski definition) is 4. The summed E-state index contributed by atoms with van der Waals surface area (Å²) < 4.78 is 5.65. The number of hydrogen-bond donors (Lipinski definition) is 0. The Morgan fingerprint density at radius 2 is 1.82 bits per heavy atom. The van der Waals surface area contributed by atoms with Crippen LogP contribution >= 0.6 is 24.0 Å². The van der Waals surface area contributed by atoms with Crippen LogP contribution in [0.1, 0.15) is 30.9 Å². The zero-order chi connectivity index (χ0) is 15.8. The number of nitriles is 1. The Hall–Kier alpha value is -1.83. The molecule has 0 saturated carbocycles. The van der Waals surface area contributed by atoms with E-state index in [1.54, 1.807) is 24.3 Å². The summed E-state index contributed by atoms with van der Waals surface area (Å²) in [6.07, 6.45) is 2.44. The summed E-state index contributed by atoms with van der Waals surface area (Å²) in [6.45, 7) is 2.20. The predicted octanol–water partition coefficient (Wildman–Crippen LogP) is 5.20. The molecule has 2 rings (SSSR count). The third-order valence-corrected chi connectivity index (χ3v) is 4.47. The number of unbranched alkanes of at least 4 members (excludes halogenated alkanes) is 1. The first-order chi connectivity index (χ1) is 10.7. The second-order valence-corrected chi connectivity index (χ2v) is 6.29. The molecule has 0 aliphatic heterocycles. The molecule has 0 bridgehead atoms. The second kappa shape index (κ2) is 8.57. The number of rotatable bonds is 6. The van der Waals surface area contributed by atoms with Gasteiger partial charge in [-0.15, -0.1) is 11.8 Å². The number of thiocarbonyl (C=S) groups is 1. The van der Waals surface area contributed by atoms with Gasteiger partial charge in [-0.2, -0.15) is 5.26 Å². The highest BCUT2D eigenvalue weighted by molar-refractivity contribution is 7.99. The van der Waals surface area contributed by atoms with Gasteiger partial charge in [0.1, 0.15) is 5.75 Å². The molecule has 0 fully saturated rings. The van der Waals surface area contributed by atoms with Gasteiger partial charge in [-0.05, 0) is 72.9 Å². The third-order valence-electron chi connectivity index (χ3n) is 3.05. The number of thioether (sulfide) groups is 1. The summed E-state index contributed by atoms with van der Waals surface area (Å²) in [5, 5.41) is 9.21. The Bertz CT molecular complexity index is 657. The molecule has 0 saturated heterocycles. The van der Waals surface area contributed by atoms with Crippen LogP contribution in [-0.2, 0) is 0 Å². The summed E-state index contributed by atoms with van der Waals surface area (Å²) in [5.41, 5.74) is 1.49. The summed E-state index contributed by atoms with van der Waals surface area (Å²) >= 11 is 7.18. The zero-order valence-electron chi connectivity index (χ0n) is 12.4. The average molecular weight is 327 g/mol. The normalized spacial score (nSPS) is 10.0. The number of ether oxygens (including phenoxy) is 1. The van der Waals surface area contributed by atoms with E-state index in [1.807, 2.05) is 23.9 Å². The summed E-state index contributed by atoms with van der Waals surface area (Å²) in [5.74, 6) is 1.78. The molecule has 2 aromatic carbocycles. The van der Waals surface area contributed by atoms with Gasteiger partial charge in [-0.25, -0.2) is 0 Å². The van der Waals surface area contributed by atoms with Gasteiger partial charge in [-0.1, -0.05) is 13.3 Å². The minimum Gasteiger partial charge on any atom is -0.445 e. The Kier molecular flexibility index (Phi) is 6.45. The largest absolute Gasteiger partial charge is 0.445 e. The molecule has 2 aromatic rings. The molecule has 0 spiro atoms. The van der Waals surface area contributed by atoms with Crippen molar-refractivity contribution in [3.05, 3.63) is 59.7 Å². The molecule has 4 heteroatoms. The van der Waals surface area contributed by atoms with Gasteiger partial charge in [0.15, 0.2) is 5.05 Å². The van der Waals surface area contributed by atoms with Gasteiger partial charge in [0.05, 0.1) is 11.6 Å². The highest BCUT2D eigenvalue weighted by Gasteiger charge is 2.05. The van der Waals surface area contributed by atoms with Crippen LogP contribution in [0.3, 0.4) is 0 Å². The number of nitrogens with zero attached hydrogens (tertiary/aromatic N) is 1. The molecule has 0 aliphatic rings. The zero-order valence-corrected chi connectivity index (χ0v) is 14.0. The lowest BCUT2D eigenvalue weighted by Crippen LogP contribution is -2.06. The molecule has 0 heterocycles. The van der Waals surface area contributed by atoms with Crippen LogP contribution in [0.15, 0.2) is 53.4 Å². The molecule has 0 unspecified atom stereocenters. The van der Waals surface area contributed by atoms with Crippen LogP contribution < -0.4 is 4.74 Å². The lowest BCUT2D eigenvalue weighted by Gasteiger charge is -2.08. The number of benzene rings is 2. The van der Waals surface area contributed by atoms with Crippen molar-refractivity contribution in [1.82, 2.24) is 0 Å². The van der Waals surface area contributed by atoms with E-state index in [-0.39, 0.29) is 0 Å². The maximum atomic E-state index is 8.77. The molecule has 2 nitrogen and oxygen atoms in total. The van der Waals surface area contributed by atoms with E-state index in [4.69, 9.17) is 22.2 Å². The molecule has 0 atom stereocenters. The van der Waals surface area contributed by atoms with Crippen molar-refractivity contribution in [2.45, 2.75) is 24.7 Å². The van der Waals surface area contributed by atoms with E-state index in [0.717, 1.165) is 11.3 Å². The summed E-state index contributed by atoms with van der Waals surface area (Å²) in [6, 6.07) is 17.1. The van der Waals surface area contributed by atoms with E-state index in [2.05, 4.69) is 25.1 Å². The second-order valence-electron chi connectivity index (χ2n) is 4.75. The first-order valence-electron chi connectivity index (χ1n) is 7.18. The highest BCUT2D eigenvalue weighted by Crippen LogP contribution is 2.21. The Labute approximate surface area is 141 Å². The fraction of sp³-hybridized carbons (Fsp3) is 0.222. The van der Waals surface area contributed by atoms with Crippen LogP contribution in [0.25, 0.3) is 0 Å². The summed E-state index contributed by atoms with van der Waals surface area (Å²) in [7, 11) is 0. The molecule has 22 heavy (non-hydrogen) atoms. The van der Waals surface area contributed by atoms with E-state index < -0.39 is 0 Å². The maximum absolute atomic E-state index is 8.77. The standard InChI is InChI=1S/C18H17NOS2/c1-2-3-12-22-17-10-6-15(7-11-17)18(21)20-16-8-4-14(13-19)5-9-16/h4-11H,2-3,12H2,1H3. The van der Waals surface area contributed by atoms with Crippen molar-refractivity contribution in [2.24, 2.45) is 0 Å². The van der Waals surface area contributed by atoms with Crippen LogP contribution in [0, 0.1) is 11.3 Å². The molecular weight excluding hydrogens is 310 g/mol. The van der Waals surface area contributed by atoms with Gasteiger partial charge in [-0.3, -0.25) is 0 Å². The minimum absolute atomic E-state index is 0.440. The maximum Gasteiger partial charge on any atom is 0.198 e. The molecule has 0 amide bonds. The Morgan fingerprint density at radius 3 is 2.41 bits per heavy atom. The van der Waals surface area contributed by atoms with Crippen molar-refractivity contribution in [3.63, 3.8) is 0 Å². The fourth-order valence-corrected chi connectivity index (χ4v) is 3.01.